The number of nitrogens with two attached hydrogens (primary N) is 1. The summed E-state index contributed by atoms with van der Waals surface area (Å²) < 4.78 is 0. The highest BCUT2D eigenvalue weighted by Gasteiger charge is 2.36. The van der Waals surface area contributed by atoms with Gasteiger partial charge in [0.1, 0.15) is 6.04 Å². The molecular weight excluding hydrogens is 218 g/mol. The van der Waals surface area contributed by atoms with E-state index in [0.29, 0.717) is 6.54 Å². The highest BCUT2D eigenvalue weighted by molar-refractivity contribution is 5.90. The Morgan fingerprint density at radius 2 is 2.18 bits per heavy atom. The van der Waals surface area contributed by atoms with E-state index >= 15 is 0 Å². The lowest BCUT2D eigenvalue weighted by Crippen LogP contribution is -2.52. The summed E-state index contributed by atoms with van der Waals surface area (Å²) in [5, 5.41) is 2.60. The molecular formula is C12H23N3O2. The number of hydrogen-bond acceptors (Lipinski definition) is 3. The molecule has 1 heterocycles. The second-order valence-corrected chi connectivity index (χ2v) is 4.72. The van der Waals surface area contributed by atoms with E-state index in [1.165, 1.54) is 0 Å². The lowest BCUT2D eigenvalue weighted by molar-refractivity contribution is -0.140. The zero-order valence-electron chi connectivity index (χ0n) is 10.9. The molecule has 5 nitrogen and oxygen atoms in total. The Bertz CT molecular complexity index is 293. The van der Waals surface area contributed by atoms with Crippen LogP contribution in [0, 0.1) is 5.92 Å². The van der Waals surface area contributed by atoms with Gasteiger partial charge in [-0.05, 0) is 18.8 Å². The van der Waals surface area contributed by atoms with Crippen LogP contribution in [-0.2, 0) is 9.59 Å². The molecule has 17 heavy (non-hydrogen) atoms. The number of likely N-dealkylation sites (N-methyl/N-ethyl adjacent to an activating group) is 1. The maximum Gasteiger partial charge on any atom is 0.242 e. The van der Waals surface area contributed by atoms with Crippen molar-refractivity contribution in [1.29, 1.82) is 0 Å². The van der Waals surface area contributed by atoms with Crippen LogP contribution in [0.4, 0.5) is 0 Å². The minimum atomic E-state index is -0.495. The van der Waals surface area contributed by atoms with Crippen LogP contribution in [-0.4, -0.2) is 42.4 Å². The Morgan fingerprint density at radius 3 is 2.71 bits per heavy atom. The van der Waals surface area contributed by atoms with Crippen molar-refractivity contribution in [2.75, 3.05) is 13.6 Å². The predicted molar refractivity (Wildman–Crippen MR) is 66.2 cm³/mol. The monoisotopic (exact) mass is 241 g/mol. The van der Waals surface area contributed by atoms with Crippen LogP contribution in [0.3, 0.4) is 0 Å². The second-order valence-electron chi connectivity index (χ2n) is 4.72. The summed E-state index contributed by atoms with van der Waals surface area (Å²) in [6.45, 7) is 4.62. The van der Waals surface area contributed by atoms with E-state index in [9.17, 15) is 9.59 Å². The fourth-order valence-corrected chi connectivity index (χ4v) is 2.16. The maximum atomic E-state index is 12.2. The molecule has 1 fully saturated rings. The van der Waals surface area contributed by atoms with Gasteiger partial charge in [0.15, 0.2) is 0 Å². The van der Waals surface area contributed by atoms with Crippen LogP contribution < -0.4 is 11.1 Å². The Morgan fingerprint density at radius 1 is 1.53 bits per heavy atom. The molecule has 0 aromatic carbocycles. The summed E-state index contributed by atoms with van der Waals surface area (Å²) in [7, 11) is 1.60. The number of rotatable bonds is 4. The Kier molecular flexibility index (Phi) is 4.93. The largest absolute Gasteiger partial charge is 0.357 e. The molecule has 0 aromatic rings. The van der Waals surface area contributed by atoms with E-state index in [0.717, 1.165) is 19.3 Å². The van der Waals surface area contributed by atoms with Crippen LogP contribution in [0.2, 0.25) is 0 Å². The van der Waals surface area contributed by atoms with Crippen molar-refractivity contribution in [2.24, 2.45) is 11.7 Å². The maximum absolute atomic E-state index is 12.2. The van der Waals surface area contributed by atoms with Gasteiger partial charge in [0.2, 0.25) is 11.8 Å². The number of hydrogen-bond donors (Lipinski definition) is 2. The van der Waals surface area contributed by atoms with Gasteiger partial charge in [-0.3, -0.25) is 9.59 Å². The number of carbonyl (C=O) groups excluding carboxylic acids is 2. The summed E-state index contributed by atoms with van der Waals surface area (Å²) in [4.78, 5) is 25.5. The average Bonchev–Trinajstić information content (AvgIpc) is 2.83. The third-order valence-electron chi connectivity index (χ3n) is 3.63. The number of nitrogens with zero attached hydrogens (tertiary/aromatic N) is 1. The molecule has 3 atom stereocenters. The summed E-state index contributed by atoms with van der Waals surface area (Å²) in [6.07, 6.45) is 2.47. The van der Waals surface area contributed by atoms with Crippen molar-refractivity contribution in [1.82, 2.24) is 10.2 Å². The van der Waals surface area contributed by atoms with E-state index < -0.39 is 6.04 Å². The van der Waals surface area contributed by atoms with Gasteiger partial charge in [0.05, 0.1) is 6.04 Å². The Hall–Kier alpha value is -1.10. The summed E-state index contributed by atoms with van der Waals surface area (Å²) in [6, 6.07) is -0.826. The van der Waals surface area contributed by atoms with E-state index in [2.05, 4.69) is 5.32 Å². The Balaban J connectivity index is 2.71. The topological polar surface area (TPSA) is 75.4 Å². The van der Waals surface area contributed by atoms with Crippen LogP contribution in [0.1, 0.15) is 33.1 Å². The van der Waals surface area contributed by atoms with Crippen molar-refractivity contribution >= 4 is 11.8 Å². The molecule has 0 spiro atoms. The second kappa shape index (κ2) is 6.00. The van der Waals surface area contributed by atoms with Crippen molar-refractivity contribution < 1.29 is 9.59 Å². The third kappa shape index (κ3) is 2.97. The van der Waals surface area contributed by atoms with E-state index in [1.807, 2.05) is 13.8 Å². The standard InChI is InChI=1S/C12H23N3O2/c1-4-8(2)10(13)12(17)15-7-5-6-9(15)11(16)14-3/h8-10H,4-7,13H2,1-3H3,(H,14,16)/t8?,9?,10-/m0/s1. The van der Waals surface area contributed by atoms with Crippen LogP contribution in [0.25, 0.3) is 0 Å². The van der Waals surface area contributed by atoms with Crippen molar-refractivity contribution in [3.8, 4) is 0 Å². The van der Waals surface area contributed by atoms with Gasteiger partial charge >= 0.3 is 0 Å². The number of carbonyl (C=O) groups is 2. The van der Waals surface area contributed by atoms with Crippen molar-refractivity contribution in [3.63, 3.8) is 0 Å². The molecule has 1 aliphatic rings. The molecule has 0 aromatic heterocycles. The highest BCUT2D eigenvalue weighted by atomic mass is 16.2. The van der Waals surface area contributed by atoms with Gasteiger partial charge < -0.3 is 16.0 Å². The summed E-state index contributed by atoms with van der Waals surface area (Å²) in [5.41, 5.74) is 5.93. The SMILES string of the molecule is CCC(C)[C@H](N)C(=O)N1CCCC1C(=O)NC. The quantitative estimate of drug-likeness (QED) is 0.733. The zero-order chi connectivity index (χ0) is 13.0. The molecule has 2 unspecified atom stereocenters. The minimum Gasteiger partial charge on any atom is -0.357 e. The molecule has 98 valence electrons. The minimum absolute atomic E-state index is 0.0906. The van der Waals surface area contributed by atoms with Gasteiger partial charge in [0.25, 0.3) is 0 Å². The molecule has 0 aliphatic carbocycles. The fraction of sp³-hybridized carbons (Fsp3) is 0.833. The number of likely N-dealkylation sites (tertiary alicyclic amines) is 1. The van der Waals surface area contributed by atoms with Crippen molar-refractivity contribution in [2.45, 2.75) is 45.2 Å². The lowest BCUT2D eigenvalue weighted by atomic mass is 9.98. The van der Waals surface area contributed by atoms with Crippen LogP contribution in [0.15, 0.2) is 0 Å². The van der Waals surface area contributed by atoms with Gasteiger partial charge in [0, 0.05) is 13.6 Å². The van der Waals surface area contributed by atoms with E-state index in [4.69, 9.17) is 5.73 Å². The van der Waals surface area contributed by atoms with Crippen LogP contribution in [0.5, 0.6) is 0 Å². The van der Waals surface area contributed by atoms with Gasteiger partial charge in [-0.15, -0.1) is 0 Å². The zero-order valence-corrected chi connectivity index (χ0v) is 10.9. The first-order valence-electron chi connectivity index (χ1n) is 6.30. The molecule has 0 radical (unpaired) electrons. The molecule has 1 saturated heterocycles. The fourth-order valence-electron chi connectivity index (χ4n) is 2.16. The smallest absolute Gasteiger partial charge is 0.242 e. The average molecular weight is 241 g/mol. The lowest BCUT2D eigenvalue weighted by Gasteiger charge is -2.28. The summed E-state index contributed by atoms with van der Waals surface area (Å²) in [5.74, 6) is -0.0360. The number of nitrogens with one attached hydrogen (secondary N) is 1. The van der Waals surface area contributed by atoms with Gasteiger partial charge in [-0.25, -0.2) is 0 Å². The van der Waals surface area contributed by atoms with Crippen LogP contribution >= 0.6 is 0 Å². The first-order chi connectivity index (χ1) is 8.02. The number of amides is 2. The van der Waals surface area contributed by atoms with E-state index in [1.54, 1.807) is 11.9 Å². The molecule has 1 aliphatic heterocycles. The van der Waals surface area contributed by atoms with Gasteiger partial charge in [-0.1, -0.05) is 20.3 Å². The predicted octanol–water partition coefficient (Wildman–Crippen LogP) is 0.0968. The van der Waals surface area contributed by atoms with Gasteiger partial charge in [-0.2, -0.15) is 0 Å². The molecule has 2 amide bonds. The Labute approximate surface area is 103 Å². The van der Waals surface area contributed by atoms with Crippen molar-refractivity contribution in [3.05, 3.63) is 0 Å². The molecule has 5 heteroatoms. The first kappa shape index (κ1) is 14.0. The molecule has 3 N–H and O–H groups in total. The first-order valence-corrected chi connectivity index (χ1v) is 6.30. The molecule has 0 saturated carbocycles. The normalized spacial score (nSPS) is 23.3. The summed E-state index contributed by atoms with van der Waals surface area (Å²) >= 11 is 0. The van der Waals surface area contributed by atoms with E-state index in [-0.39, 0.29) is 23.8 Å². The molecule has 1 rings (SSSR count). The third-order valence-corrected chi connectivity index (χ3v) is 3.63. The highest BCUT2D eigenvalue weighted by Crippen LogP contribution is 2.20. The molecule has 0 bridgehead atoms.